The third-order valence-corrected chi connectivity index (χ3v) is 8.44. The van der Waals surface area contributed by atoms with E-state index in [1.54, 1.807) is 24.3 Å². The summed E-state index contributed by atoms with van der Waals surface area (Å²) in [5.41, 5.74) is 4.87. The second-order valence-corrected chi connectivity index (χ2v) is 11.8. The Kier molecular flexibility index (Phi) is 8.44. The number of phenolic OH excluding ortho intramolecular Hbond substituents is 2. The Bertz CT molecular complexity index is 1440. The number of hydrogen-bond donors (Lipinski definition) is 2. The molecule has 7 heteroatoms. The minimum atomic E-state index is -2.97. The van der Waals surface area contributed by atoms with Gasteiger partial charge in [-0.3, -0.25) is 0 Å². The summed E-state index contributed by atoms with van der Waals surface area (Å²) < 4.78 is 32.2. The highest BCUT2D eigenvalue weighted by Gasteiger charge is 2.18. The maximum absolute atomic E-state index is 12.1. The van der Waals surface area contributed by atoms with Gasteiger partial charge in [0.25, 0.3) is 0 Å². The van der Waals surface area contributed by atoms with Crippen LogP contribution in [-0.2, 0) is 9.84 Å². The number of hydrogen-bond acceptors (Lipinski definition) is 5. The van der Waals surface area contributed by atoms with Crippen molar-refractivity contribution >= 4 is 20.7 Å². The van der Waals surface area contributed by atoms with Gasteiger partial charge in [-0.05, 0) is 104 Å². The minimum absolute atomic E-state index is 0.206. The summed E-state index contributed by atoms with van der Waals surface area (Å²) in [5.74, 6) is 1.64. The summed E-state index contributed by atoms with van der Waals surface area (Å²) >= 11 is 0. The maximum atomic E-state index is 12.1. The van der Waals surface area contributed by atoms with Crippen LogP contribution in [0.3, 0.4) is 0 Å². The Balaban J connectivity index is 1.48. The van der Waals surface area contributed by atoms with Crippen LogP contribution in [0.15, 0.2) is 66.7 Å². The van der Waals surface area contributed by atoms with Crippen LogP contribution in [0.4, 0.5) is 0 Å². The van der Waals surface area contributed by atoms with Gasteiger partial charge in [0.15, 0.2) is 0 Å². The zero-order valence-electron chi connectivity index (χ0n) is 21.5. The molecule has 37 heavy (non-hydrogen) atoms. The van der Waals surface area contributed by atoms with Crippen molar-refractivity contribution in [3.05, 3.63) is 72.3 Å². The molecule has 3 aromatic carbocycles. The Morgan fingerprint density at radius 1 is 0.811 bits per heavy atom. The number of fused-ring (bicyclic) bond motifs is 1. The number of benzene rings is 3. The molecule has 4 rings (SSSR count). The van der Waals surface area contributed by atoms with Gasteiger partial charge < -0.3 is 19.5 Å². The highest BCUT2D eigenvalue weighted by molar-refractivity contribution is 7.91. The molecule has 0 aliphatic carbocycles. The fourth-order valence-corrected chi connectivity index (χ4v) is 6.14. The van der Waals surface area contributed by atoms with Gasteiger partial charge in [-0.2, -0.15) is 0 Å². The molecule has 0 radical (unpaired) electrons. The van der Waals surface area contributed by atoms with E-state index in [1.807, 2.05) is 49.4 Å². The average molecular weight is 522 g/mol. The largest absolute Gasteiger partial charge is 0.508 e. The van der Waals surface area contributed by atoms with Crippen LogP contribution in [-0.4, -0.2) is 41.3 Å². The molecular weight excluding hydrogens is 486 g/mol. The SMILES string of the molecule is CCCCCS(=O)(=O)CCCCOc1ccc(-n2c(-c3ccc(O)cc3)c(C)c3cc(O)ccc32)cc1. The first kappa shape index (κ1) is 26.6. The maximum Gasteiger partial charge on any atom is 0.150 e. The fraction of sp³-hybridized carbons (Fsp3) is 0.333. The summed E-state index contributed by atoms with van der Waals surface area (Å²) in [6, 6.07) is 20.3. The highest BCUT2D eigenvalue weighted by atomic mass is 32.2. The number of sulfone groups is 1. The lowest BCUT2D eigenvalue weighted by Gasteiger charge is -2.13. The quantitative estimate of drug-likeness (QED) is 0.201. The first-order valence-corrected chi connectivity index (χ1v) is 14.7. The average Bonchev–Trinajstić information content (AvgIpc) is 3.16. The zero-order chi connectivity index (χ0) is 26.4. The Hall–Kier alpha value is -3.45. The van der Waals surface area contributed by atoms with Gasteiger partial charge in [0.2, 0.25) is 0 Å². The summed E-state index contributed by atoms with van der Waals surface area (Å²) in [5, 5.41) is 20.8. The summed E-state index contributed by atoms with van der Waals surface area (Å²) in [6.07, 6.45) is 4.00. The zero-order valence-corrected chi connectivity index (χ0v) is 22.3. The van der Waals surface area contributed by atoms with Crippen LogP contribution in [0.25, 0.3) is 27.8 Å². The number of rotatable bonds is 12. The molecule has 0 fully saturated rings. The molecule has 0 atom stereocenters. The molecule has 1 aromatic heterocycles. The standard InChI is InChI=1S/C30H35NO5S/c1-3-4-6-19-37(34,35)20-7-5-18-36-27-15-10-24(11-16-27)31-29-17-14-26(33)21-28(29)22(2)30(31)23-8-12-25(32)13-9-23/h8-17,21,32-33H,3-7,18-20H2,1-2H3. The van der Waals surface area contributed by atoms with Crippen molar-refractivity contribution in [3.63, 3.8) is 0 Å². The van der Waals surface area contributed by atoms with Crippen LogP contribution in [0, 0.1) is 6.92 Å². The van der Waals surface area contributed by atoms with E-state index >= 15 is 0 Å². The van der Waals surface area contributed by atoms with E-state index < -0.39 is 9.84 Å². The molecule has 0 unspecified atom stereocenters. The predicted octanol–water partition coefficient (Wildman–Crippen LogP) is 6.78. The number of ether oxygens (including phenoxy) is 1. The van der Waals surface area contributed by atoms with Crippen molar-refractivity contribution in [2.24, 2.45) is 0 Å². The Morgan fingerprint density at radius 3 is 2.14 bits per heavy atom. The molecule has 0 amide bonds. The Labute approximate surface area is 219 Å². The first-order chi connectivity index (χ1) is 17.8. The van der Waals surface area contributed by atoms with Crippen molar-refractivity contribution in [1.82, 2.24) is 4.57 Å². The molecule has 0 saturated heterocycles. The second kappa shape index (κ2) is 11.7. The van der Waals surface area contributed by atoms with Crippen LogP contribution in [0.2, 0.25) is 0 Å². The number of unbranched alkanes of at least 4 members (excludes halogenated alkanes) is 3. The normalized spacial score (nSPS) is 11.7. The smallest absolute Gasteiger partial charge is 0.150 e. The van der Waals surface area contributed by atoms with Crippen LogP contribution >= 0.6 is 0 Å². The molecule has 6 nitrogen and oxygen atoms in total. The monoisotopic (exact) mass is 521 g/mol. The number of nitrogens with zero attached hydrogens (tertiary/aromatic N) is 1. The molecule has 0 aliphatic heterocycles. The van der Waals surface area contributed by atoms with Crippen molar-refractivity contribution in [3.8, 4) is 34.2 Å². The van der Waals surface area contributed by atoms with Gasteiger partial charge in [-0.1, -0.05) is 19.8 Å². The number of aromatic hydroxyl groups is 2. The summed E-state index contributed by atoms with van der Waals surface area (Å²) in [6.45, 7) is 4.56. The molecule has 196 valence electrons. The van der Waals surface area contributed by atoms with Crippen molar-refractivity contribution in [2.45, 2.75) is 46.0 Å². The van der Waals surface area contributed by atoms with Gasteiger partial charge in [0.05, 0.1) is 29.3 Å². The van der Waals surface area contributed by atoms with Crippen LogP contribution < -0.4 is 4.74 Å². The van der Waals surface area contributed by atoms with Crippen molar-refractivity contribution in [1.29, 1.82) is 0 Å². The number of aromatic nitrogens is 1. The minimum Gasteiger partial charge on any atom is -0.508 e. The van der Waals surface area contributed by atoms with Gasteiger partial charge in [0, 0.05) is 11.1 Å². The van der Waals surface area contributed by atoms with E-state index in [0.717, 1.165) is 58.4 Å². The number of phenols is 2. The van der Waals surface area contributed by atoms with Crippen LogP contribution in [0.1, 0.15) is 44.6 Å². The fourth-order valence-electron chi connectivity index (χ4n) is 4.65. The molecule has 0 aliphatic rings. The molecule has 1 heterocycles. The predicted molar refractivity (Wildman–Crippen MR) is 150 cm³/mol. The summed E-state index contributed by atoms with van der Waals surface area (Å²) in [4.78, 5) is 0. The third-order valence-electron chi connectivity index (χ3n) is 6.62. The van der Waals surface area contributed by atoms with E-state index in [4.69, 9.17) is 4.74 Å². The molecule has 0 spiro atoms. The van der Waals surface area contributed by atoms with E-state index in [1.165, 1.54) is 0 Å². The highest BCUT2D eigenvalue weighted by Crippen LogP contribution is 2.38. The van der Waals surface area contributed by atoms with Crippen molar-refractivity contribution < 1.29 is 23.4 Å². The lowest BCUT2D eigenvalue weighted by molar-refractivity contribution is 0.309. The Morgan fingerprint density at radius 2 is 1.46 bits per heavy atom. The molecular formula is C30H35NO5S. The van der Waals surface area contributed by atoms with Gasteiger partial charge in [-0.25, -0.2) is 8.42 Å². The summed E-state index contributed by atoms with van der Waals surface area (Å²) in [7, 11) is -2.97. The number of aryl methyl sites for hydroxylation is 1. The third kappa shape index (κ3) is 6.46. The van der Waals surface area contributed by atoms with Gasteiger partial charge >= 0.3 is 0 Å². The van der Waals surface area contributed by atoms with E-state index in [9.17, 15) is 18.6 Å². The lowest BCUT2D eigenvalue weighted by Crippen LogP contribution is -2.12. The van der Waals surface area contributed by atoms with Crippen LogP contribution in [0.5, 0.6) is 17.2 Å². The second-order valence-electron chi connectivity index (χ2n) is 9.47. The van der Waals surface area contributed by atoms with Gasteiger partial charge in [-0.15, -0.1) is 0 Å². The van der Waals surface area contributed by atoms with Gasteiger partial charge in [0.1, 0.15) is 27.1 Å². The van der Waals surface area contributed by atoms with Crippen molar-refractivity contribution in [2.75, 3.05) is 18.1 Å². The van der Waals surface area contributed by atoms with E-state index in [2.05, 4.69) is 11.5 Å². The first-order valence-electron chi connectivity index (χ1n) is 12.9. The molecule has 0 bridgehead atoms. The molecule has 4 aromatic rings. The topological polar surface area (TPSA) is 88.8 Å². The van der Waals surface area contributed by atoms with E-state index in [-0.39, 0.29) is 23.0 Å². The molecule has 2 N–H and O–H groups in total. The molecule has 0 saturated carbocycles. The lowest BCUT2D eigenvalue weighted by atomic mass is 10.1. The van der Waals surface area contributed by atoms with E-state index in [0.29, 0.717) is 19.4 Å².